The third kappa shape index (κ3) is 3.23. The molecule has 0 saturated carbocycles. The minimum Gasteiger partial charge on any atom is -0.258 e. The summed E-state index contributed by atoms with van der Waals surface area (Å²) in [4.78, 5) is 4.25. The Labute approximate surface area is 167 Å². The molecule has 0 aliphatic carbocycles. The van der Waals surface area contributed by atoms with E-state index in [0.29, 0.717) is 16.9 Å². The van der Waals surface area contributed by atoms with Gasteiger partial charge < -0.3 is 0 Å². The number of anilines is 1. The summed E-state index contributed by atoms with van der Waals surface area (Å²) in [6, 6.07) is 18.8. The molecule has 0 amide bonds. The zero-order valence-electron chi connectivity index (χ0n) is 15.4. The van der Waals surface area contributed by atoms with Crippen LogP contribution in [0.5, 0.6) is 0 Å². The van der Waals surface area contributed by atoms with Gasteiger partial charge in [-0.1, -0.05) is 36.3 Å². The summed E-state index contributed by atoms with van der Waals surface area (Å²) in [7, 11) is 0. The molecule has 3 heterocycles. The van der Waals surface area contributed by atoms with Gasteiger partial charge in [-0.25, -0.2) is 13.9 Å². The van der Waals surface area contributed by atoms with Crippen molar-refractivity contribution >= 4 is 17.5 Å². The van der Waals surface area contributed by atoms with Gasteiger partial charge in [0.15, 0.2) is 5.65 Å². The maximum absolute atomic E-state index is 14.4. The van der Waals surface area contributed by atoms with E-state index in [1.165, 1.54) is 11.6 Å². The quantitative estimate of drug-likeness (QED) is 0.489. The van der Waals surface area contributed by atoms with E-state index in [4.69, 9.17) is 0 Å². The molecule has 1 aliphatic heterocycles. The topological polar surface area (TPSA) is 45.8 Å². The van der Waals surface area contributed by atoms with Gasteiger partial charge in [0.25, 0.3) is 0 Å². The number of nitrogens with zero attached hydrogens (tertiary/aromatic N) is 5. The van der Waals surface area contributed by atoms with E-state index < -0.39 is 0 Å². The molecule has 2 aromatic carbocycles. The van der Waals surface area contributed by atoms with Crippen molar-refractivity contribution in [3.8, 4) is 11.8 Å². The number of fused-ring (bicyclic) bond motifs is 1. The van der Waals surface area contributed by atoms with Crippen LogP contribution in [0.15, 0.2) is 78.2 Å². The van der Waals surface area contributed by atoms with E-state index in [1.54, 1.807) is 29.0 Å². The Kier molecular flexibility index (Phi) is 4.26. The van der Waals surface area contributed by atoms with Crippen molar-refractivity contribution < 1.29 is 4.39 Å². The van der Waals surface area contributed by atoms with E-state index >= 15 is 0 Å². The lowest BCUT2D eigenvalue weighted by Gasteiger charge is -2.24. The summed E-state index contributed by atoms with van der Waals surface area (Å²) in [5, 5.41) is 10.6. The van der Waals surface area contributed by atoms with Crippen molar-refractivity contribution in [3.05, 3.63) is 95.7 Å². The summed E-state index contributed by atoms with van der Waals surface area (Å²) in [6.45, 7) is 0. The predicted octanol–water partition coefficient (Wildman–Crippen LogP) is 4.21. The van der Waals surface area contributed by atoms with Crippen molar-refractivity contribution in [2.75, 3.05) is 5.01 Å². The Bertz CT molecular complexity index is 1270. The molecular weight excluding hydrogens is 365 g/mol. The monoisotopic (exact) mass is 381 g/mol. The third-order valence-corrected chi connectivity index (χ3v) is 4.83. The van der Waals surface area contributed by atoms with Crippen LogP contribution in [0, 0.1) is 17.7 Å². The molecule has 0 N–H and O–H groups in total. The number of imidazole rings is 1. The van der Waals surface area contributed by atoms with Crippen LogP contribution >= 0.6 is 0 Å². The van der Waals surface area contributed by atoms with Crippen molar-refractivity contribution in [1.29, 1.82) is 0 Å². The Hall–Kier alpha value is -3.98. The molecule has 29 heavy (non-hydrogen) atoms. The first kappa shape index (κ1) is 17.1. The van der Waals surface area contributed by atoms with E-state index in [9.17, 15) is 4.39 Å². The van der Waals surface area contributed by atoms with Crippen LogP contribution in [-0.4, -0.2) is 20.8 Å². The lowest BCUT2D eigenvalue weighted by Crippen LogP contribution is -2.18. The zero-order chi connectivity index (χ0) is 19.6. The summed E-state index contributed by atoms with van der Waals surface area (Å²) in [5.74, 6) is 5.53. The average Bonchev–Trinajstić information content (AvgIpc) is 3.41. The SMILES string of the molecule is Fc1ccc(N2N=CCC2c2ccccc2)cc1C#Cc1cnc2cccnn12. The van der Waals surface area contributed by atoms with E-state index in [-0.39, 0.29) is 11.9 Å². The highest BCUT2D eigenvalue weighted by Gasteiger charge is 2.24. The predicted molar refractivity (Wildman–Crippen MR) is 110 cm³/mol. The van der Waals surface area contributed by atoms with Gasteiger partial charge in [-0.2, -0.15) is 10.2 Å². The van der Waals surface area contributed by atoms with Gasteiger partial charge in [0.2, 0.25) is 0 Å². The van der Waals surface area contributed by atoms with Crippen LogP contribution in [0.1, 0.15) is 29.3 Å². The van der Waals surface area contributed by atoms with Gasteiger partial charge in [-0.3, -0.25) is 5.01 Å². The molecule has 2 aromatic heterocycles. The maximum Gasteiger partial charge on any atom is 0.154 e. The molecule has 4 aromatic rings. The normalized spacial score (nSPS) is 15.5. The van der Waals surface area contributed by atoms with Gasteiger partial charge in [-0.05, 0) is 41.8 Å². The number of rotatable bonds is 2. The fourth-order valence-corrected chi connectivity index (χ4v) is 3.41. The van der Waals surface area contributed by atoms with E-state index in [0.717, 1.165) is 12.1 Å². The van der Waals surface area contributed by atoms with Crippen LogP contribution in [0.25, 0.3) is 5.65 Å². The van der Waals surface area contributed by atoms with Gasteiger partial charge in [-0.15, -0.1) is 0 Å². The lowest BCUT2D eigenvalue weighted by atomic mass is 10.0. The van der Waals surface area contributed by atoms with E-state index in [1.807, 2.05) is 41.6 Å². The molecular formula is C23H16FN5. The molecule has 1 unspecified atom stereocenters. The first-order chi connectivity index (χ1) is 14.3. The Balaban J connectivity index is 1.49. The van der Waals surface area contributed by atoms with E-state index in [2.05, 4.69) is 39.2 Å². The van der Waals surface area contributed by atoms with Crippen LogP contribution in [0.3, 0.4) is 0 Å². The minimum atomic E-state index is -0.373. The standard InChI is InChI=1S/C23H16FN5/c24-21-11-10-19(28-22(12-14-27-28)17-5-2-1-3-6-17)15-18(21)8-9-20-16-25-23-7-4-13-26-29(20)23/h1-7,10-11,13-16,22H,12H2. The molecule has 0 saturated heterocycles. The van der Waals surface area contributed by atoms with Crippen LogP contribution in [-0.2, 0) is 0 Å². The van der Waals surface area contributed by atoms with Crippen molar-refractivity contribution in [2.45, 2.75) is 12.5 Å². The molecule has 0 fully saturated rings. The Morgan fingerprint density at radius 3 is 2.79 bits per heavy atom. The minimum absolute atomic E-state index is 0.0884. The highest BCUT2D eigenvalue weighted by atomic mass is 19.1. The second-order valence-corrected chi connectivity index (χ2v) is 6.66. The molecule has 0 spiro atoms. The second-order valence-electron chi connectivity index (χ2n) is 6.66. The number of hydrogen-bond donors (Lipinski definition) is 0. The Morgan fingerprint density at radius 1 is 1.00 bits per heavy atom. The third-order valence-electron chi connectivity index (χ3n) is 4.83. The molecule has 6 heteroatoms. The number of hydrogen-bond acceptors (Lipinski definition) is 4. The van der Waals surface area contributed by atoms with Crippen LogP contribution in [0.4, 0.5) is 10.1 Å². The highest BCUT2D eigenvalue weighted by molar-refractivity contribution is 5.68. The highest BCUT2D eigenvalue weighted by Crippen LogP contribution is 2.33. The largest absolute Gasteiger partial charge is 0.258 e. The smallest absolute Gasteiger partial charge is 0.154 e. The maximum atomic E-state index is 14.4. The molecule has 1 atom stereocenters. The van der Waals surface area contributed by atoms with Gasteiger partial charge in [0.1, 0.15) is 11.5 Å². The van der Waals surface area contributed by atoms with Gasteiger partial charge >= 0.3 is 0 Å². The summed E-state index contributed by atoms with van der Waals surface area (Å²) < 4.78 is 16.1. The fourth-order valence-electron chi connectivity index (χ4n) is 3.41. The fraction of sp³-hybridized carbons (Fsp3) is 0.0870. The molecule has 5 nitrogen and oxygen atoms in total. The molecule has 0 bridgehead atoms. The first-order valence-electron chi connectivity index (χ1n) is 9.26. The van der Waals surface area contributed by atoms with Gasteiger partial charge in [0, 0.05) is 18.8 Å². The van der Waals surface area contributed by atoms with Crippen molar-refractivity contribution in [2.24, 2.45) is 5.10 Å². The summed E-state index contributed by atoms with van der Waals surface area (Å²) >= 11 is 0. The Morgan fingerprint density at radius 2 is 1.90 bits per heavy atom. The number of benzene rings is 2. The molecule has 140 valence electrons. The number of aromatic nitrogens is 3. The molecule has 0 radical (unpaired) electrons. The van der Waals surface area contributed by atoms with Crippen LogP contribution < -0.4 is 5.01 Å². The zero-order valence-corrected chi connectivity index (χ0v) is 15.4. The molecule has 1 aliphatic rings. The van der Waals surface area contributed by atoms with Crippen molar-refractivity contribution in [1.82, 2.24) is 14.6 Å². The number of halogens is 1. The first-order valence-corrected chi connectivity index (χ1v) is 9.26. The average molecular weight is 381 g/mol. The summed E-state index contributed by atoms with van der Waals surface area (Å²) in [6.07, 6.45) is 5.98. The lowest BCUT2D eigenvalue weighted by molar-refractivity contribution is 0.623. The van der Waals surface area contributed by atoms with Crippen LogP contribution in [0.2, 0.25) is 0 Å². The van der Waals surface area contributed by atoms with Gasteiger partial charge in [0.05, 0.1) is 23.5 Å². The second kappa shape index (κ2) is 7.21. The summed E-state index contributed by atoms with van der Waals surface area (Å²) in [5.41, 5.74) is 3.57. The van der Waals surface area contributed by atoms with Crippen molar-refractivity contribution in [3.63, 3.8) is 0 Å². The molecule has 5 rings (SSSR count). The number of hydrazone groups is 1.